The molecule has 5 nitrogen and oxygen atoms in total. The summed E-state index contributed by atoms with van der Waals surface area (Å²) in [5.74, 6) is -1.69. The fraction of sp³-hybridized carbons (Fsp3) is 0.933. The maximum atomic E-state index is 12.1. The average molecular weight is 340 g/mol. The van der Waals surface area contributed by atoms with Gasteiger partial charge in [0.1, 0.15) is 6.10 Å². The number of esters is 1. The summed E-state index contributed by atoms with van der Waals surface area (Å²) in [6.45, 7) is 3.71. The summed E-state index contributed by atoms with van der Waals surface area (Å²) < 4.78 is 57.6. The third kappa shape index (κ3) is 5.93. The molecule has 2 rings (SSSR count). The van der Waals surface area contributed by atoms with Crippen molar-refractivity contribution in [1.82, 2.24) is 0 Å². The molecular formula is C15H23F3O5. The van der Waals surface area contributed by atoms with E-state index in [0.29, 0.717) is 51.4 Å². The molecule has 0 aromatic rings. The number of rotatable bonds is 5. The molecule has 1 heterocycles. The molecule has 0 spiro atoms. The molecule has 2 aliphatic rings. The zero-order chi connectivity index (χ0) is 16.9. The summed E-state index contributed by atoms with van der Waals surface area (Å²) in [7, 11) is 0. The second-order valence-corrected chi connectivity index (χ2v) is 6.01. The molecule has 0 radical (unpaired) electrons. The Morgan fingerprint density at radius 1 is 1.09 bits per heavy atom. The number of alkyl halides is 3. The van der Waals surface area contributed by atoms with Crippen molar-refractivity contribution in [3.05, 3.63) is 0 Å². The van der Waals surface area contributed by atoms with Gasteiger partial charge in [-0.25, -0.2) is 4.79 Å². The van der Waals surface area contributed by atoms with Gasteiger partial charge in [0, 0.05) is 5.92 Å². The fourth-order valence-electron chi connectivity index (χ4n) is 2.66. The van der Waals surface area contributed by atoms with E-state index < -0.39 is 18.2 Å². The van der Waals surface area contributed by atoms with E-state index in [-0.39, 0.29) is 12.4 Å². The molecule has 2 fully saturated rings. The van der Waals surface area contributed by atoms with Crippen molar-refractivity contribution in [2.45, 2.75) is 63.7 Å². The van der Waals surface area contributed by atoms with Gasteiger partial charge < -0.3 is 18.9 Å². The average Bonchev–Trinajstić information content (AvgIpc) is 2.54. The lowest BCUT2D eigenvalue weighted by Gasteiger charge is -2.32. The first-order valence-corrected chi connectivity index (χ1v) is 8.01. The Labute approximate surface area is 133 Å². The van der Waals surface area contributed by atoms with E-state index >= 15 is 0 Å². The van der Waals surface area contributed by atoms with Crippen LogP contribution in [0, 0.1) is 5.92 Å². The summed E-state index contributed by atoms with van der Waals surface area (Å²) in [5.41, 5.74) is 0. The zero-order valence-electron chi connectivity index (χ0n) is 13.1. The lowest BCUT2D eigenvalue weighted by atomic mass is 9.95. The maximum absolute atomic E-state index is 12.1. The van der Waals surface area contributed by atoms with Gasteiger partial charge in [0.05, 0.1) is 25.9 Å². The Bertz CT molecular complexity index is 372. The lowest BCUT2D eigenvalue weighted by molar-refractivity contribution is -0.229. The van der Waals surface area contributed by atoms with Crippen LogP contribution >= 0.6 is 0 Å². The van der Waals surface area contributed by atoms with E-state index in [0.717, 1.165) is 6.42 Å². The van der Waals surface area contributed by atoms with Crippen molar-refractivity contribution in [2.24, 2.45) is 5.92 Å². The van der Waals surface area contributed by atoms with E-state index in [2.05, 4.69) is 11.7 Å². The molecule has 0 aromatic heterocycles. The van der Waals surface area contributed by atoms with E-state index in [4.69, 9.17) is 14.2 Å². The number of halogens is 3. The van der Waals surface area contributed by atoms with Crippen LogP contribution in [-0.2, 0) is 23.7 Å². The summed E-state index contributed by atoms with van der Waals surface area (Å²) in [6, 6.07) is 0. The van der Waals surface area contributed by atoms with E-state index in [1.165, 1.54) is 0 Å². The Morgan fingerprint density at radius 2 is 1.65 bits per heavy atom. The molecule has 1 aliphatic carbocycles. The maximum Gasteiger partial charge on any atom is 0.490 e. The van der Waals surface area contributed by atoms with Gasteiger partial charge in [-0.15, -0.1) is 0 Å². The minimum Gasteiger partial charge on any atom is -0.456 e. The quantitative estimate of drug-likeness (QED) is 0.721. The van der Waals surface area contributed by atoms with Crippen molar-refractivity contribution < 1.29 is 36.9 Å². The normalized spacial score (nSPS) is 32.5. The minimum atomic E-state index is -4.93. The number of hydrogen-bond donors (Lipinski definition) is 0. The highest BCUT2D eigenvalue weighted by molar-refractivity contribution is 5.75. The molecule has 134 valence electrons. The number of carbonyl (C=O) groups excluding carboxylic acids is 1. The highest BCUT2D eigenvalue weighted by Crippen LogP contribution is 2.27. The molecule has 1 saturated heterocycles. The van der Waals surface area contributed by atoms with Gasteiger partial charge in [-0.1, -0.05) is 6.92 Å². The van der Waals surface area contributed by atoms with Gasteiger partial charge in [-0.3, -0.25) is 0 Å². The summed E-state index contributed by atoms with van der Waals surface area (Å²) in [5, 5.41) is 0. The van der Waals surface area contributed by atoms with Gasteiger partial charge in [0.15, 0.2) is 6.29 Å². The minimum absolute atomic E-state index is 0.0630. The van der Waals surface area contributed by atoms with Gasteiger partial charge in [-0.05, 0) is 32.1 Å². The fourth-order valence-corrected chi connectivity index (χ4v) is 2.66. The Kier molecular flexibility index (Phi) is 6.67. The van der Waals surface area contributed by atoms with Crippen LogP contribution in [0.2, 0.25) is 0 Å². The SMILES string of the molecule is CCC1COC(COC2CCC(OC(=O)C(F)(F)F)CC2)OC1. The van der Waals surface area contributed by atoms with Gasteiger partial charge in [0.25, 0.3) is 0 Å². The molecule has 1 saturated carbocycles. The van der Waals surface area contributed by atoms with Crippen molar-refractivity contribution in [2.75, 3.05) is 19.8 Å². The standard InChI is InChI=1S/C15H23F3O5/c1-2-10-7-21-13(22-8-10)9-20-11-3-5-12(6-4-11)23-14(19)15(16,17)18/h10-13H,2-9H2,1H3. The largest absolute Gasteiger partial charge is 0.490 e. The second kappa shape index (κ2) is 8.30. The zero-order valence-corrected chi connectivity index (χ0v) is 13.1. The Morgan fingerprint density at radius 3 is 2.17 bits per heavy atom. The van der Waals surface area contributed by atoms with Gasteiger partial charge >= 0.3 is 12.1 Å². The van der Waals surface area contributed by atoms with Crippen LogP contribution in [0.25, 0.3) is 0 Å². The van der Waals surface area contributed by atoms with E-state index in [1.54, 1.807) is 0 Å². The van der Waals surface area contributed by atoms with Crippen LogP contribution in [0.3, 0.4) is 0 Å². The first-order chi connectivity index (χ1) is 10.9. The number of carbonyl (C=O) groups is 1. The van der Waals surface area contributed by atoms with Crippen LogP contribution in [0.1, 0.15) is 39.0 Å². The molecule has 0 N–H and O–H groups in total. The Hall–Kier alpha value is -0.860. The van der Waals surface area contributed by atoms with Crippen molar-refractivity contribution >= 4 is 5.97 Å². The van der Waals surface area contributed by atoms with E-state index in [9.17, 15) is 18.0 Å². The first-order valence-electron chi connectivity index (χ1n) is 8.01. The molecule has 0 unspecified atom stereocenters. The van der Waals surface area contributed by atoms with Crippen molar-refractivity contribution in [3.8, 4) is 0 Å². The smallest absolute Gasteiger partial charge is 0.456 e. The molecule has 0 atom stereocenters. The van der Waals surface area contributed by atoms with Crippen LogP contribution in [-0.4, -0.2) is 50.5 Å². The van der Waals surface area contributed by atoms with Gasteiger partial charge in [-0.2, -0.15) is 13.2 Å². The molecular weight excluding hydrogens is 317 g/mol. The van der Waals surface area contributed by atoms with Crippen LogP contribution in [0.15, 0.2) is 0 Å². The second-order valence-electron chi connectivity index (χ2n) is 6.01. The topological polar surface area (TPSA) is 54.0 Å². The molecule has 0 amide bonds. The summed E-state index contributed by atoms with van der Waals surface area (Å²) in [6.07, 6.45) is -3.19. The predicted octanol–water partition coefficient (Wildman–Crippen LogP) is 2.82. The van der Waals surface area contributed by atoms with Crippen molar-refractivity contribution in [3.63, 3.8) is 0 Å². The van der Waals surface area contributed by atoms with Crippen LogP contribution in [0.4, 0.5) is 13.2 Å². The highest BCUT2D eigenvalue weighted by atomic mass is 19.4. The predicted molar refractivity (Wildman–Crippen MR) is 73.6 cm³/mol. The number of ether oxygens (including phenoxy) is 4. The molecule has 8 heteroatoms. The lowest BCUT2D eigenvalue weighted by Crippen LogP contribution is -2.37. The summed E-state index contributed by atoms with van der Waals surface area (Å²) >= 11 is 0. The monoisotopic (exact) mass is 340 g/mol. The van der Waals surface area contributed by atoms with Gasteiger partial charge in [0.2, 0.25) is 0 Å². The molecule has 1 aliphatic heterocycles. The van der Waals surface area contributed by atoms with Crippen LogP contribution in [0.5, 0.6) is 0 Å². The molecule has 0 bridgehead atoms. The van der Waals surface area contributed by atoms with Crippen LogP contribution < -0.4 is 0 Å². The molecule has 23 heavy (non-hydrogen) atoms. The third-order valence-electron chi connectivity index (χ3n) is 4.21. The first kappa shape index (κ1) is 18.5. The van der Waals surface area contributed by atoms with E-state index in [1.807, 2.05) is 0 Å². The third-order valence-corrected chi connectivity index (χ3v) is 4.21. The van der Waals surface area contributed by atoms with Crippen molar-refractivity contribution in [1.29, 1.82) is 0 Å². The Balaban J connectivity index is 1.61. The summed E-state index contributed by atoms with van der Waals surface area (Å²) in [4.78, 5) is 10.8. The molecule has 0 aromatic carbocycles. The highest BCUT2D eigenvalue weighted by Gasteiger charge is 2.42. The number of hydrogen-bond acceptors (Lipinski definition) is 5.